The number of likely N-dealkylation sites (tertiary alicyclic amines) is 1. The van der Waals surface area contributed by atoms with Gasteiger partial charge in [0.1, 0.15) is 0 Å². The standard InChI is InChI=1S/C13H20N2OS/c1-2-14-10-11-5-7-15(8-6-11)13(16)12-4-3-9-17-12/h3-4,9,11,14H,2,5-8,10H2,1H3. The lowest BCUT2D eigenvalue weighted by molar-refractivity contribution is 0.0695. The molecule has 0 saturated carbocycles. The number of amides is 1. The Morgan fingerprint density at radius 1 is 1.53 bits per heavy atom. The second kappa shape index (κ2) is 6.17. The minimum absolute atomic E-state index is 0.210. The van der Waals surface area contributed by atoms with Crippen molar-refractivity contribution in [2.75, 3.05) is 26.2 Å². The van der Waals surface area contributed by atoms with E-state index in [0.29, 0.717) is 0 Å². The molecule has 1 amide bonds. The summed E-state index contributed by atoms with van der Waals surface area (Å²) in [5.41, 5.74) is 0. The third kappa shape index (κ3) is 3.30. The first kappa shape index (κ1) is 12.6. The summed E-state index contributed by atoms with van der Waals surface area (Å²) in [5.74, 6) is 0.948. The molecule has 0 spiro atoms. The number of nitrogens with zero attached hydrogens (tertiary/aromatic N) is 1. The third-order valence-electron chi connectivity index (χ3n) is 3.32. The molecule has 1 aliphatic heterocycles. The summed E-state index contributed by atoms with van der Waals surface area (Å²) < 4.78 is 0. The van der Waals surface area contributed by atoms with Crippen LogP contribution in [0.4, 0.5) is 0 Å². The first-order valence-electron chi connectivity index (χ1n) is 6.34. The van der Waals surface area contributed by atoms with E-state index in [1.807, 2.05) is 22.4 Å². The topological polar surface area (TPSA) is 32.3 Å². The number of nitrogens with one attached hydrogen (secondary N) is 1. The van der Waals surface area contributed by atoms with E-state index in [0.717, 1.165) is 49.8 Å². The summed E-state index contributed by atoms with van der Waals surface area (Å²) >= 11 is 1.54. The molecule has 94 valence electrons. The summed E-state index contributed by atoms with van der Waals surface area (Å²) in [4.78, 5) is 15.0. The predicted molar refractivity (Wildman–Crippen MR) is 71.5 cm³/mol. The van der Waals surface area contributed by atoms with E-state index in [-0.39, 0.29) is 5.91 Å². The van der Waals surface area contributed by atoms with Gasteiger partial charge in [0, 0.05) is 13.1 Å². The maximum Gasteiger partial charge on any atom is 0.263 e. The highest BCUT2D eigenvalue weighted by Crippen LogP contribution is 2.20. The zero-order valence-corrected chi connectivity index (χ0v) is 11.1. The Bertz CT molecular complexity index is 342. The second-order valence-electron chi connectivity index (χ2n) is 4.52. The van der Waals surface area contributed by atoms with E-state index in [2.05, 4.69) is 12.2 Å². The molecule has 2 rings (SSSR count). The Labute approximate surface area is 107 Å². The average Bonchev–Trinajstić information content (AvgIpc) is 2.90. The number of piperidine rings is 1. The zero-order valence-electron chi connectivity index (χ0n) is 10.3. The maximum atomic E-state index is 12.1. The molecule has 4 heteroatoms. The molecule has 0 atom stereocenters. The van der Waals surface area contributed by atoms with Gasteiger partial charge < -0.3 is 10.2 Å². The van der Waals surface area contributed by atoms with Gasteiger partial charge in [-0.1, -0.05) is 13.0 Å². The Morgan fingerprint density at radius 2 is 2.29 bits per heavy atom. The van der Waals surface area contributed by atoms with Crippen LogP contribution in [0.3, 0.4) is 0 Å². The van der Waals surface area contributed by atoms with Crippen LogP contribution in [0.2, 0.25) is 0 Å². The number of hydrogen-bond acceptors (Lipinski definition) is 3. The molecule has 1 N–H and O–H groups in total. The highest BCUT2D eigenvalue weighted by atomic mass is 32.1. The first-order chi connectivity index (χ1) is 8.31. The monoisotopic (exact) mass is 252 g/mol. The quantitative estimate of drug-likeness (QED) is 0.891. The van der Waals surface area contributed by atoms with Crippen LogP contribution in [0.5, 0.6) is 0 Å². The van der Waals surface area contributed by atoms with Crippen molar-refractivity contribution in [2.45, 2.75) is 19.8 Å². The van der Waals surface area contributed by atoms with Crippen LogP contribution >= 0.6 is 11.3 Å². The van der Waals surface area contributed by atoms with Crippen LogP contribution < -0.4 is 5.32 Å². The summed E-state index contributed by atoms with van der Waals surface area (Å²) in [5, 5.41) is 5.35. The van der Waals surface area contributed by atoms with Crippen molar-refractivity contribution in [3.8, 4) is 0 Å². The zero-order chi connectivity index (χ0) is 12.1. The van der Waals surface area contributed by atoms with Gasteiger partial charge in [-0.3, -0.25) is 4.79 Å². The Morgan fingerprint density at radius 3 is 2.88 bits per heavy atom. The van der Waals surface area contributed by atoms with Crippen molar-refractivity contribution in [2.24, 2.45) is 5.92 Å². The van der Waals surface area contributed by atoms with Crippen molar-refractivity contribution >= 4 is 17.2 Å². The summed E-state index contributed by atoms with van der Waals surface area (Å²) in [6.45, 7) is 6.08. The molecule has 1 saturated heterocycles. The van der Waals surface area contributed by atoms with Gasteiger partial charge in [0.2, 0.25) is 0 Å². The van der Waals surface area contributed by atoms with Crippen molar-refractivity contribution < 1.29 is 4.79 Å². The van der Waals surface area contributed by atoms with Crippen LogP contribution in [0.15, 0.2) is 17.5 Å². The van der Waals surface area contributed by atoms with E-state index in [4.69, 9.17) is 0 Å². The number of rotatable bonds is 4. The highest BCUT2D eigenvalue weighted by Gasteiger charge is 2.23. The third-order valence-corrected chi connectivity index (χ3v) is 4.17. The minimum Gasteiger partial charge on any atom is -0.338 e. The summed E-state index contributed by atoms with van der Waals surface area (Å²) in [6.07, 6.45) is 2.26. The molecule has 0 radical (unpaired) electrons. The molecule has 0 unspecified atom stereocenters. The number of thiophene rings is 1. The fraction of sp³-hybridized carbons (Fsp3) is 0.615. The van der Waals surface area contributed by atoms with Crippen molar-refractivity contribution in [3.05, 3.63) is 22.4 Å². The summed E-state index contributed by atoms with van der Waals surface area (Å²) in [6, 6.07) is 3.85. The molecule has 1 aromatic heterocycles. The van der Waals surface area contributed by atoms with E-state index in [1.165, 1.54) is 11.3 Å². The van der Waals surface area contributed by atoms with E-state index in [1.54, 1.807) is 0 Å². The lowest BCUT2D eigenvalue weighted by Gasteiger charge is -2.31. The van der Waals surface area contributed by atoms with Gasteiger partial charge in [0.15, 0.2) is 0 Å². The van der Waals surface area contributed by atoms with Crippen LogP contribution in [0.1, 0.15) is 29.4 Å². The molecule has 1 aliphatic rings. The van der Waals surface area contributed by atoms with Gasteiger partial charge in [0.25, 0.3) is 5.91 Å². The van der Waals surface area contributed by atoms with Crippen molar-refractivity contribution in [3.63, 3.8) is 0 Å². The first-order valence-corrected chi connectivity index (χ1v) is 7.22. The van der Waals surface area contributed by atoms with E-state index >= 15 is 0 Å². The molecule has 0 bridgehead atoms. The lowest BCUT2D eigenvalue weighted by atomic mass is 9.96. The molecule has 2 heterocycles. The van der Waals surface area contributed by atoms with Crippen LogP contribution in [0.25, 0.3) is 0 Å². The Kier molecular flexibility index (Phi) is 4.57. The van der Waals surface area contributed by atoms with Gasteiger partial charge in [-0.05, 0) is 43.3 Å². The molecule has 3 nitrogen and oxygen atoms in total. The molecular formula is C13H20N2OS. The normalized spacial score (nSPS) is 17.4. The number of carbonyl (C=O) groups excluding carboxylic acids is 1. The van der Waals surface area contributed by atoms with Crippen LogP contribution in [0, 0.1) is 5.92 Å². The Balaban J connectivity index is 1.81. The van der Waals surface area contributed by atoms with Crippen LogP contribution in [-0.4, -0.2) is 37.0 Å². The molecule has 1 aromatic rings. The Hall–Kier alpha value is -0.870. The SMILES string of the molecule is CCNCC1CCN(C(=O)c2cccs2)CC1. The fourth-order valence-corrected chi connectivity index (χ4v) is 2.94. The highest BCUT2D eigenvalue weighted by molar-refractivity contribution is 7.12. The fourth-order valence-electron chi connectivity index (χ4n) is 2.24. The van der Waals surface area contributed by atoms with Gasteiger partial charge in [-0.25, -0.2) is 0 Å². The largest absolute Gasteiger partial charge is 0.338 e. The van der Waals surface area contributed by atoms with Gasteiger partial charge in [-0.2, -0.15) is 0 Å². The minimum atomic E-state index is 0.210. The second-order valence-corrected chi connectivity index (χ2v) is 5.47. The molecule has 17 heavy (non-hydrogen) atoms. The number of hydrogen-bond donors (Lipinski definition) is 1. The summed E-state index contributed by atoms with van der Waals surface area (Å²) in [7, 11) is 0. The van der Waals surface area contributed by atoms with Crippen LogP contribution in [-0.2, 0) is 0 Å². The lowest BCUT2D eigenvalue weighted by Crippen LogP contribution is -2.40. The van der Waals surface area contributed by atoms with E-state index < -0.39 is 0 Å². The van der Waals surface area contributed by atoms with Gasteiger partial charge in [-0.15, -0.1) is 11.3 Å². The number of carbonyl (C=O) groups is 1. The van der Waals surface area contributed by atoms with Crippen molar-refractivity contribution in [1.29, 1.82) is 0 Å². The van der Waals surface area contributed by atoms with Gasteiger partial charge in [0.05, 0.1) is 4.88 Å². The van der Waals surface area contributed by atoms with E-state index in [9.17, 15) is 4.79 Å². The maximum absolute atomic E-state index is 12.1. The predicted octanol–water partition coefficient (Wildman–Crippen LogP) is 2.21. The molecule has 1 fully saturated rings. The smallest absolute Gasteiger partial charge is 0.263 e. The average molecular weight is 252 g/mol. The van der Waals surface area contributed by atoms with Gasteiger partial charge >= 0.3 is 0 Å². The van der Waals surface area contributed by atoms with Crippen molar-refractivity contribution in [1.82, 2.24) is 10.2 Å². The molecular weight excluding hydrogens is 232 g/mol. The molecule has 0 aromatic carbocycles. The molecule has 0 aliphatic carbocycles.